The van der Waals surface area contributed by atoms with Crippen molar-refractivity contribution in [3.8, 4) is 11.5 Å². The summed E-state index contributed by atoms with van der Waals surface area (Å²) in [6.45, 7) is 0. The molecule has 0 aliphatic heterocycles. The van der Waals surface area contributed by atoms with E-state index in [9.17, 15) is 27.5 Å². The van der Waals surface area contributed by atoms with Crippen LogP contribution in [0.4, 0.5) is 17.6 Å². The zero-order chi connectivity index (χ0) is 17.4. The molecule has 0 bridgehead atoms. The van der Waals surface area contributed by atoms with Crippen LogP contribution in [0.3, 0.4) is 0 Å². The van der Waals surface area contributed by atoms with Crippen LogP contribution in [0.2, 0.25) is 10.0 Å². The fraction of sp³-hybridized carbons (Fsp3) is 0.0714. The monoisotopic (exact) mass is 367 g/mol. The first-order valence-corrected chi connectivity index (χ1v) is 6.60. The number of carbonyl (C=O) groups excluding carboxylic acids is 1. The molecule has 0 N–H and O–H groups in total. The van der Waals surface area contributed by atoms with Crippen LogP contribution < -0.4 is 9.84 Å². The molecule has 0 fully saturated rings. The summed E-state index contributed by atoms with van der Waals surface area (Å²) >= 11 is 11.2. The lowest BCUT2D eigenvalue weighted by atomic mass is 10.2. The molecule has 0 aliphatic rings. The fourth-order valence-corrected chi connectivity index (χ4v) is 2.10. The Morgan fingerprint density at radius 1 is 1.09 bits per heavy atom. The number of hydrogen-bond acceptors (Lipinski definition) is 3. The van der Waals surface area contributed by atoms with E-state index >= 15 is 0 Å². The Labute approximate surface area is 137 Å². The highest BCUT2D eigenvalue weighted by Crippen LogP contribution is 2.39. The number of aromatic carboxylic acids is 1. The molecule has 0 unspecified atom stereocenters. The first-order chi connectivity index (χ1) is 10.6. The minimum Gasteiger partial charge on any atom is -0.545 e. The fourth-order valence-electron chi connectivity index (χ4n) is 1.66. The number of halogens is 6. The van der Waals surface area contributed by atoms with E-state index in [-0.39, 0.29) is 16.8 Å². The summed E-state index contributed by atoms with van der Waals surface area (Å²) in [6.07, 6.45) is -4.77. The zero-order valence-electron chi connectivity index (χ0n) is 10.9. The molecule has 0 aliphatic carbocycles. The molecule has 3 nitrogen and oxygen atoms in total. The SMILES string of the molecule is O=C([O-])c1cc(Oc2c(F)cc(C(F)(F)F)cc2Cl)ccc1Cl. The molecule has 2 rings (SSSR count). The van der Waals surface area contributed by atoms with Gasteiger partial charge in [-0.15, -0.1) is 0 Å². The number of ether oxygens (including phenoxy) is 1. The van der Waals surface area contributed by atoms with E-state index in [1.807, 2.05) is 0 Å². The van der Waals surface area contributed by atoms with Gasteiger partial charge in [-0.2, -0.15) is 13.2 Å². The van der Waals surface area contributed by atoms with E-state index in [1.165, 1.54) is 6.07 Å². The summed E-state index contributed by atoms with van der Waals surface area (Å²) in [7, 11) is 0. The smallest absolute Gasteiger partial charge is 0.416 e. The van der Waals surface area contributed by atoms with Crippen molar-refractivity contribution >= 4 is 29.2 Å². The maximum absolute atomic E-state index is 13.8. The highest BCUT2D eigenvalue weighted by Gasteiger charge is 2.32. The van der Waals surface area contributed by atoms with Gasteiger partial charge in [-0.3, -0.25) is 0 Å². The van der Waals surface area contributed by atoms with Gasteiger partial charge in [-0.25, -0.2) is 4.39 Å². The Hall–Kier alpha value is -1.99. The molecule has 2 aromatic rings. The van der Waals surface area contributed by atoms with E-state index in [1.54, 1.807) is 0 Å². The molecule has 0 heterocycles. The summed E-state index contributed by atoms with van der Waals surface area (Å²) in [5, 5.41) is 10.1. The standard InChI is InChI=1S/C14H6Cl2F4O3/c15-9-2-1-7(5-8(9)13(21)22)23-12-10(16)3-6(4-11(12)17)14(18,19)20/h1-5H,(H,21,22)/p-1. The van der Waals surface area contributed by atoms with Gasteiger partial charge in [0.2, 0.25) is 0 Å². The number of benzene rings is 2. The predicted molar refractivity (Wildman–Crippen MR) is 72.3 cm³/mol. The Balaban J connectivity index is 2.42. The van der Waals surface area contributed by atoms with Crippen molar-refractivity contribution in [2.45, 2.75) is 6.18 Å². The lowest BCUT2D eigenvalue weighted by Crippen LogP contribution is -2.22. The average Bonchev–Trinajstić information content (AvgIpc) is 2.43. The Morgan fingerprint density at radius 3 is 2.26 bits per heavy atom. The Morgan fingerprint density at radius 2 is 1.74 bits per heavy atom. The Bertz CT molecular complexity index is 752. The number of carboxylic acid groups (broad SMARTS) is 1. The van der Waals surface area contributed by atoms with Crippen LogP contribution in [-0.4, -0.2) is 5.97 Å². The van der Waals surface area contributed by atoms with Gasteiger partial charge in [-0.05, 0) is 30.3 Å². The largest absolute Gasteiger partial charge is 0.545 e. The minimum absolute atomic E-state index is 0.142. The normalized spacial score (nSPS) is 11.4. The second-order valence-corrected chi connectivity index (χ2v) is 5.11. The molecule has 0 radical (unpaired) electrons. The quantitative estimate of drug-likeness (QED) is 0.759. The van der Waals surface area contributed by atoms with Gasteiger partial charge < -0.3 is 14.6 Å². The van der Waals surface area contributed by atoms with Crippen molar-refractivity contribution in [1.29, 1.82) is 0 Å². The summed E-state index contributed by atoms with van der Waals surface area (Å²) in [6, 6.07) is 4.00. The maximum Gasteiger partial charge on any atom is 0.416 e. The van der Waals surface area contributed by atoms with Crippen molar-refractivity contribution in [2.75, 3.05) is 0 Å². The highest BCUT2D eigenvalue weighted by atomic mass is 35.5. The van der Waals surface area contributed by atoms with Crippen molar-refractivity contribution in [3.05, 3.63) is 57.3 Å². The number of carbonyl (C=O) groups is 1. The molecule has 0 amide bonds. The summed E-state index contributed by atoms with van der Waals surface area (Å²) < 4.78 is 56.4. The van der Waals surface area contributed by atoms with Crippen LogP contribution in [0.25, 0.3) is 0 Å². The van der Waals surface area contributed by atoms with Gasteiger partial charge in [0.05, 0.1) is 16.6 Å². The van der Waals surface area contributed by atoms with Gasteiger partial charge in [0, 0.05) is 10.6 Å². The second kappa shape index (κ2) is 6.25. The third-order valence-corrected chi connectivity index (χ3v) is 3.31. The zero-order valence-corrected chi connectivity index (χ0v) is 12.4. The van der Waals surface area contributed by atoms with Gasteiger partial charge >= 0.3 is 6.18 Å². The molecule has 0 spiro atoms. The first kappa shape index (κ1) is 17.4. The van der Waals surface area contributed by atoms with Crippen LogP contribution in [0.15, 0.2) is 30.3 Å². The second-order valence-electron chi connectivity index (χ2n) is 4.30. The summed E-state index contributed by atoms with van der Waals surface area (Å²) in [4.78, 5) is 10.8. The van der Waals surface area contributed by atoms with E-state index in [2.05, 4.69) is 0 Å². The number of rotatable bonds is 3. The van der Waals surface area contributed by atoms with Crippen LogP contribution >= 0.6 is 23.2 Å². The highest BCUT2D eigenvalue weighted by molar-refractivity contribution is 6.33. The number of alkyl halides is 3. The van der Waals surface area contributed by atoms with Crippen molar-refractivity contribution in [2.24, 2.45) is 0 Å². The third-order valence-electron chi connectivity index (χ3n) is 2.70. The van der Waals surface area contributed by atoms with E-state index in [0.717, 1.165) is 12.1 Å². The molecule has 0 saturated carbocycles. The van der Waals surface area contributed by atoms with Crippen molar-refractivity contribution < 1.29 is 32.2 Å². The molecule has 0 atom stereocenters. The molecule has 0 saturated heterocycles. The third kappa shape index (κ3) is 3.86. The minimum atomic E-state index is -4.77. The van der Waals surface area contributed by atoms with Crippen LogP contribution in [0.1, 0.15) is 15.9 Å². The van der Waals surface area contributed by atoms with Gasteiger partial charge in [0.15, 0.2) is 11.6 Å². The van der Waals surface area contributed by atoms with Gasteiger partial charge in [0.1, 0.15) is 5.75 Å². The van der Waals surface area contributed by atoms with Crippen LogP contribution in [-0.2, 0) is 6.18 Å². The molecular weight excluding hydrogens is 363 g/mol. The van der Waals surface area contributed by atoms with Crippen molar-refractivity contribution in [3.63, 3.8) is 0 Å². The molecule has 122 valence electrons. The van der Waals surface area contributed by atoms with Crippen molar-refractivity contribution in [1.82, 2.24) is 0 Å². The van der Waals surface area contributed by atoms with Crippen LogP contribution in [0, 0.1) is 5.82 Å². The molecule has 23 heavy (non-hydrogen) atoms. The predicted octanol–water partition coefficient (Wildman–Crippen LogP) is 4.31. The number of hydrogen-bond donors (Lipinski definition) is 0. The van der Waals surface area contributed by atoms with Gasteiger partial charge in [-0.1, -0.05) is 23.2 Å². The molecule has 2 aromatic carbocycles. The van der Waals surface area contributed by atoms with Crippen LogP contribution in [0.5, 0.6) is 11.5 Å². The lowest BCUT2D eigenvalue weighted by molar-refractivity contribution is -0.255. The Kier molecular flexibility index (Phi) is 4.72. The van der Waals surface area contributed by atoms with Gasteiger partial charge in [0.25, 0.3) is 0 Å². The number of carboxylic acids is 1. The average molecular weight is 368 g/mol. The topological polar surface area (TPSA) is 49.4 Å². The van der Waals surface area contributed by atoms with E-state index < -0.39 is 39.9 Å². The van der Waals surface area contributed by atoms with E-state index in [4.69, 9.17) is 27.9 Å². The molecule has 9 heteroatoms. The summed E-state index contributed by atoms with van der Waals surface area (Å²) in [5.41, 5.74) is -1.70. The first-order valence-electron chi connectivity index (χ1n) is 5.84. The maximum atomic E-state index is 13.8. The molecular formula is C14H5Cl2F4O3-. The molecule has 0 aromatic heterocycles. The lowest BCUT2D eigenvalue weighted by Gasteiger charge is -2.13. The summed E-state index contributed by atoms with van der Waals surface area (Å²) in [5.74, 6) is -3.81. The van der Waals surface area contributed by atoms with E-state index in [0.29, 0.717) is 6.07 Å².